The predicted molar refractivity (Wildman–Crippen MR) is 144 cm³/mol. The van der Waals surface area contributed by atoms with Crippen molar-refractivity contribution >= 4 is 29.0 Å². The predicted octanol–water partition coefficient (Wildman–Crippen LogP) is 5.63. The Morgan fingerprint density at radius 1 is 1.21 bits per heavy atom. The smallest absolute Gasteiger partial charge is 0.244 e. The van der Waals surface area contributed by atoms with Crippen LogP contribution in [-0.4, -0.2) is 27.4 Å². The second-order valence-electron chi connectivity index (χ2n) is 8.66. The van der Waals surface area contributed by atoms with Gasteiger partial charge in [0.15, 0.2) is 0 Å². The van der Waals surface area contributed by atoms with Gasteiger partial charge in [-0.1, -0.05) is 46.6 Å². The first-order valence-electron chi connectivity index (χ1n) is 12.2. The molecule has 6 N–H and O–H groups in total. The molecule has 0 aliphatic carbocycles. The molecule has 0 aliphatic heterocycles. The van der Waals surface area contributed by atoms with Crippen molar-refractivity contribution in [3.05, 3.63) is 53.3 Å². The van der Waals surface area contributed by atoms with E-state index in [0.717, 1.165) is 43.2 Å². The topological polar surface area (TPSA) is 135 Å². The first kappa shape index (κ1) is 28.8. The molecule has 1 heterocycles. The van der Waals surface area contributed by atoms with Crippen molar-refractivity contribution in [2.24, 2.45) is 17.4 Å². The zero-order valence-corrected chi connectivity index (χ0v) is 21.5. The molecule has 1 rings (SSSR count). The molecular weight excluding hydrogens is 424 g/mol. The van der Waals surface area contributed by atoms with Crippen molar-refractivity contribution in [1.82, 2.24) is 9.55 Å². The van der Waals surface area contributed by atoms with Gasteiger partial charge in [-0.3, -0.25) is 4.79 Å². The minimum Gasteiger partial charge on any atom is -0.398 e. The SMILES string of the molecule is C=C(/C(C=N)=C(N)\C=C(\C(N)=O)C(C)CC)c1nc(/C(=C/C(C)=N)CCCCCC)cn1CC. The molecule has 1 amide bonds. The van der Waals surface area contributed by atoms with Crippen LogP contribution in [0.15, 0.2) is 41.8 Å². The second kappa shape index (κ2) is 14.1. The number of imidazole rings is 1. The molecule has 1 unspecified atom stereocenters. The third-order valence-electron chi connectivity index (χ3n) is 5.93. The van der Waals surface area contributed by atoms with E-state index < -0.39 is 5.91 Å². The van der Waals surface area contributed by atoms with Gasteiger partial charge in [-0.25, -0.2) is 4.98 Å². The number of nitrogens with two attached hydrogens (primary N) is 2. The average Bonchev–Trinajstić information content (AvgIpc) is 3.23. The van der Waals surface area contributed by atoms with Crippen LogP contribution in [0.3, 0.4) is 0 Å². The molecule has 1 aromatic rings. The number of unbranched alkanes of at least 4 members (excludes halogenated alkanes) is 3. The number of primary amides is 1. The molecule has 1 atom stereocenters. The zero-order valence-electron chi connectivity index (χ0n) is 21.5. The van der Waals surface area contributed by atoms with E-state index in [-0.39, 0.29) is 11.6 Å². The summed E-state index contributed by atoms with van der Waals surface area (Å²) in [4.78, 5) is 16.8. The first-order valence-corrected chi connectivity index (χ1v) is 12.2. The molecule has 0 saturated carbocycles. The zero-order chi connectivity index (χ0) is 25.8. The van der Waals surface area contributed by atoms with E-state index in [4.69, 9.17) is 27.3 Å². The Balaban J connectivity index is 3.47. The molecule has 0 aromatic carbocycles. The fourth-order valence-electron chi connectivity index (χ4n) is 3.72. The van der Waals surface area contributed by atoms with Crippen molar-refractivity contribution < 1.29 is 4.79 Å². The molecule has 1 aromatic heterocycles. The van der Waals surface area contributed by atoms with Crippen LogP contribution in [0.1, 0.15) is 84.7 Å². The van der Waals surface area contributed by atoms with Crippen molar-refractivity contribution in [2.75, 3.05) is 0 Å². The van der Waals surface area contributed by atoms with Gasteiger partial charge in [0.05, 0.1) is 5.69 Å². The van der Waals surface area contributed by atoms with Crippen LogP contribution < -0.4 is 11.5 Å². The Morgan fingerprint density at radius 3 is 2.38 bits per heavy atom. The van der Waals surface area contributed by atoms with Gasteiger partial charge in [-0.2, -0.15) is 0 Å². The van der Waals surface area contributed by atoms with Gasteiger partial charge >= 0.3 is 0 Å². The highest BCUT2D eigenvalue weighted by Crippen LogP contribution is 2.27. The normalized spacial score (nSPS) is 13.9. The molecule has 0 saturated heterocycles. The summed E-state index contributed by atoms with van der Waals surface area (Å²) >= 11 is 0. The van der Waals surface area contributed by atoms with Gasteiger partial charge in [0.2, 0.25) is 5.91 Å². The number of rotatable bonds is 15. The number of nitrogens with one attached hydrogen (secondary N) is 2. The molecule has 0 aliphatic rings. The molecule has 0 spiro atoms. The van der Waals surface area contributed by atoms with E-state index >= 15 is 0 Å². The molecule has 0 bridgehead atoms. The average molecular weight is 467 g/mol. The number of carbonyl (C=O) groups excluding carboxylic acids is 1. The lowest BCUT2D eigenvalue weighted by atomic mass is 9.95. The largest absolute Gasteiger partial charge is 0.398 e. The Morgan fingerprint density at radius 2 is 1.88 bits per heavy atom. The fraction of sp³-hybridized carbons (Fsp3) is 0.481. The lowest BCUT2D eigenvalue weighted by Crippen LogP contribution is -2.20. The summed E-state index contributed by atoms with van der Waals surface area (Å²) in [7, 11) is 0. The number of hydrogen-bond donors (Lipinski definition) is 4. The Hall–Kier alpha value is -3.22. The quantitative estimate of drug-likeness (QED) is 0.115. The summed E-state index contributed by atoms with van der Waals surface area (Å²) in [6.07, 6.45) is 12.7. The van der Waals surface area contributed by atoms with Crippen LogP contribution in [0, 0.1) is 16.7 Å². The summed E-state index contributed by atoms with van der Waals surface area (Å²) in [5, 5.41) is 15.9. The Labute approximate surface area is 204 Å². The van der Waals surface area contributed by atoms with Gasteiger partial charge in [-0.15, -0.1) is 0 Å². The minimum atomic E-state index is -0.524. The van der Waals surface area contributed by atoms with Crippen molar-refractivity contribution in [3.8, 4) is 0 Å². The minimum absolute atomic E-state index is 0.0507. The molecule has 0 fully saturated rings. The van der Waals surface area contributed by atoms with E-state index in [0.29, 0.717) is 34.8 Å². The highest BCUT2D eigenvalue weighted by atomic mass is 16.1. The maximum atomic E-state index is 11.9. The Bertz CT molecular complexity index is 993. The van der Waals surface area contributed by atoms with Crippen LogP contribution in [-0.2, 0) is 11.3 Å². The molecular formula is C27H42N6O. The number of aromatic nitrogens is 2. The van der Waals surface area contributed by atoms with E-state index in [9.17, 15) is 4.79 Å². The number of allylic oxidation sites excluding steroid dienone is 5. The summed E-state index contributed by atoms with van der Waals surface area (Å²) in [6, 6.07) is 0. The van der Waals surface area contributed by atoms with Gasteiger partial charge in [0.1, 0.15) is 5.82 Å². The molecule has 0 radical (unpaired) electrons. The number of aryl methyl sites for hydroxylation is 1. The maximum absolute atomic E-state index is 11.9. The number of hydrogen-bond acceptors (Lipinski definition) is 5. The van der Waals surface area contributed by atoms with Crippen LogP contribution in [0.2, 0.25) is 0 Å². The lowest BCUT2D eigenvalue weighted by molar-refractivity contribution is -0.115. The summed E-state index contributed by atoms with van der Waals surface area (Å²) in [5.74, 6) is 0.0355. The molecule has 7 nitrogen and oxygen atoms in total. The lowest BCUT2D eigenvalue weighted by Gasteiger charge is -2.13. The summed E-state index contributed by atoms with van der Waals surface area (Å²) in [5.41, 5.74) is 15.8. The standard InChI is InChI=1S/C27H42N6O/c1-7-10-11-12-13-21(14-19(5)29)25-17-33(9-3)27(32-25)20(6)23(16-28)24(30)15-22(26(31)34)18(4)8-2/h14-18,28-29H,6-13,30H2,1-5H3,(H2,31,34)/b21-14+,22-15+,24-23+,28-16?,29-19?. The van der Waals surface area contributed by atoms with Gasteiger partial charge in [-0.05, 0) is 56.8 Å². The van der Waals surface area contributed by atoms with Crippen LogP contribution >= 0.6 is 0 Å². The van der Waals surface area contributed by atoms with E-state index in [1.807, 2.05) is 37.6 Å². The van der Waals surface area contributed by atoms with E-state index in [1.165, 1.54) is 12.8 Å². The maximum Gasteiger partial charge on any atom is 0.244 e. The van der Waals surface area contributed by atoms with Crippen molar-refractivity contribution in [2.45, 2.75) is 79.7 Å². The van der Waals surface area contributed by atoms with E-state index in [1.54, 1.807) is 13.0 Å². The van der Waals surface area contributed by atoms with E-state index in [2.05, 4.69) is 13.5 Å². The fourth-order valence-corrected chi connectivity index (χ4v) is 3.72. The first-order chi connectivity index (χ1) is 16.1. The van der Waals surface area contributed by atoms with Gasteiger partial charge in [0.25, 0.3) is 0 Å². The molecule has 186 valence electrons. The van der Waals surface area contributed by atoms with Crippen LogP contribution in [0.5, 0.6) is 0 Å². The molecule has 7 heteroatoms. The summed E-state index contributed by atoms with van der Waals surface area (Å²) in [6.45, 7) is 14.7. The Kier molecular flexibility index (Phi) is 12.0. The monoisotopic (exact) mass is 466 g/mol. The second-order valence-corrected chi connectivity index (χ2v) is 8.66. The highest BCUT2D eigenvalue weighted by molar-refractivity contribution is 6.00. The van der Waals surface area contributed by atoms with Gasteiger partial charge in [0, 0.05) is 47.1 Å². The number of nitrogens with zero attached hydrogens (tertiary/aromatic N) is 2. The van der Waals surface area contributed by atoms with Crippen LogP contribution in [0.4, 0.5) is 0 Å². The van der Waals surface area contributed by atoms with Crippen molar-refractivity contribution in [1.29, 1.82) is 10.8 Å². The number of carbonyl (C=O) groups is 1. The highest BCUT2D eigenvalue weighted by Gasteiger charge is 2.18. The third kappa shape index (κ3) is 7.97. The van der Waals surface area contributed by atoms with Crippen molar-refractivity contribution in [3.63, 3.8) is 0 Å². The van der Waals surface area contributed by atoms with Crippen LogP contribution in [0.25, 0.3) is 11.1 Å². The summed E-state index contributed by atoms with van der Waals surface area (Å²) < 4.78 is 1.97. The number of amides is 1. The van der Waals surface area contributed by atoms with Gasteiger partial charge < -0.3 is 26.9 Å². The molecule has 34 heavy (non-hydrogen) atoms. The third-order valence-corrected chi connectivity index (χ3v) is 5.93.